The van der Waals surface area contributed by atoms with E-state index in [2.05, 4.69) is 15.9 Å². The third-order valence-electron chi connectivity index (χ3n) is 3.62. The molecule has 1 saturated heterocycles. The van der Waals surface area contributed by atoms with Crippen LogP contribution in [0.4, 0.5) is 5.82 Å². The van der Waals surface area contributed by atoms with Crippen LogP contribution in [-0.2, 0) is 7.05 Å². The SMILES string of the molecule is Cn1c(C(=O)N2CCC(CBr)CC2)ccc1[N+](=O)[O-]. The van der Waals surface area contributed by atoms with Crippen LogP contribution < -0.4 is 0 Å². The summed E-state index contributed by atoms with van der Waals surface area (Å²) in [6, 6.07) is 2.90. The van der Waals surface area contributed by atoms with E-state index in [9.17, 15) is 14.9 Å². The first-order chi connectivity index (χ1) is 9.04. The summed E-state index contributed by atoms with van der Waals surface area (Å²) in [7, 11) is 1.55. The molecule has 1 aliphatic rings. The molecule has 0 unspecified atom stereocenters. The Balaban J connectivity index is 2.10. The number of piperidine rings is 1. The van der Waals surface area contributed by atoms with Crippen LogP contribution in [0.3, 0.4) is 0 Å². The standard InChI is InChI=1S/C12H16BrN3O3/c1-14-10(2-3-11(14)16(18)19)12(17)15-6-4-9(8-13)5-7-15/h2-3,9H,4-8H2,1H3. The molecule has 7 heteroatoms. The third kappa shape index (κ3) is 2.80. The lowest BCUT2D eigenvalue weighted by atomic mass is 9.99. The first kappa shape index (κ1) is 14.0. The highest BCUT2D eigenvalue weighted by atomic mass is 79.9. The Morgan fingerprint density at radius 1 is 1.47 bits per heavy atom. The Morgan fingerprint density at radius 3 is 2.58 bits per heavy atom. The molecule has 0 N–H and O–H groups in total. The Morgan fingerprint density at radius 2 is 2.11 bits per heavy atom. The van der Waals surface area contributed by atoms with Gasteiger partial charge < -0.3 is 15.0 Å². The minimum Gasteiger partial charge on any atom is -0.358 e. The maximum atomic E-state index is 12.3. The Labute approximate surface area is 119 Å². The first-order valence-electron chi connectivity index (χ1n) is 6.20. The zero-order valence-corrected chi connectivity index (χ0v) is 12.3. The number of aromatic nitrogens is 1. The summed E-state index contributed by atoms with van der Waals surface area (Å²) in [6.45, 7) is 1.43. The van der Waals surface area contributed by atoms with Gasteiger partial charge in [-0.05, 0) is 29.7 Å². The van der Waals surface area contributed by atoms with Gasteiger partial charge in [0.15, 0.2) is 5.69 Å². The summed E-state index contributed by atoms with van der Waals surface area (Å²) in [4.78, 5) is 24.4. The van der Waals surface area contributed by atoms with Crippen molar-refractivity contribution >= 4 is 27.7 Å². The monoisotopic (exact) mass is 329 g/mol. The van der Waals surface area contributed by atoms with Crippen LogP contribution in [0.25, 0.3) is 0 Å². The molecule has 6 nitrogen and oxygen atoms in total. The van der Waals surface area contributed by atoms with Crippen molar-refractivity contribution in [1.82, 2.24) is 9.47 Å². The molecule has 0 aliphatic carbocycles. The minimum atomic E-state index is -0.478. The van der Waals surface area contributed by atoms with E-state index in [1.54, 1.807) is 11.9 Å². The highest BCUT2D eigenvalue weighted by Crippen LogP contribution is 2.22. The number of halogens is 1. The predicted molar refractivity (Wildman–Crippen MR) is 74.5 cm³/mol. The molecule has 1 aliphatic heterocycles. The zero-order chi connectivity index (χ0) is 14.0. The molecule has 2 heterocycles. The van der Waals surface area contributed by atoms with Gasteiger partial charge in [0.05, 0.1) is 7.05 Å². The van der Waals surface area contributed by atoms with Crippen molar-refractivity contribution in [2.45, 2.75) is 12.8 Å². The molecule has 1 amide bonds. The quantitative estimate of drug-likeness (QED) is 0.485. The number of hydrogen-bond donors (Lipinski definition) is 0. The summed E-state index contributed by atoms with van der Waals surface area (Å²) in [5.74, 6) is 0.439. The number of carbonyl (C=O) groups excluding carboxylic acids is 1. The second-order valence-corrected chi connectivity index (χ2v) is 5.43. The molecule has 19 heavy (non-hydrogen) atoms. The molecule has 1 fully saturated rings. The number of carbonyl (C=O) groups is 1. The van der Waals surface area contributed by atoms with E-state index in [0.717, 1.165) is 18.2 Å². The lowest BCUT2D eigenvalue weighted by Crippen LogP contribution is -2.39. The van der Waals surface area contributed by atoms with Gasteiger partial charge in [-0.1, -0.05) is 15.9 Å². The maximum absolute atomic E-state index is 12.3. The lowest BCUT2D eigenvalue weighted by molar-refractivity contribution is -0.391. The molecule has 104 valence electrons. The highest BCUT2D eigenvalue weighted by Gasteiger charge is 2.28. The van der Waals surface area contributed by atoms with Gasteiger partial charge in [-0.25, -0.2) is 4.57 Å². The first-order valence-corrected chi connectivity index (χ1v) is 7.32. The molecular formula is C12H16BrN3O3. The maximum Gasteiger partial charge on any atom is 0.323 e. The number of alkyl halides is 1. The lowest BCUT2D eigenvalue weighted by Gasteiger charge is -2.30. The summed E-state index contributed by atoms with van der Waals surface area (Å²) in [6.07, 6.45) is 1.95. The van der Waals surface area contributed by atoms with Crippen LogP contribution >= 0.6 is 15.9 Å². The molecule has 2 rings (SSSR count). The number of hydrogen-bond acceptors (Lipinski definition) is 3. The van der Waals surface area contributed by atoms with Crippen molar-refractivity contribution in [2.75, 3.05) is 18.4 Å². The van der Waals surface area contributed by atoms with Gasteiger partial charge in [-0.2, -0.15) is 0 Å². The van der Waals surface area contributed by atoms with Gasteiger partial charge >= 0.3 is 5.82 Å². The smallest absolute Gasteiger partial charge is 0.323 e. The van der Waals surface area contributed by atoms with Crippen LogP contribution in [-0.4, -0.2) is 38.7 Å². The predicted octanol–water partition coefficient (Wildman–Crippen LogP) is 2.18. The molecule has 0 saturated carbocycles. The highest BCUT2D eigenvalue weighted by molar-refractivity contribution is 9.09. The number of amides is 1. The van der Waals surface area contributed by atoms with Gasteiger partial charge in [0.2, 0.25) is 0 Å². The summed E-state index contributed by atoms with van der Waals surface area (Å²) in [5.41, 5.74) is 0.379. The molecular weight excluding hydrogens is 314 g/mol. The Kier molecular flexibility index (Phi) is 4.24. The number of likely N-dealkylation sites (tertiary alicyclic amines) is 1. The van der Waals surface area contributed by atoms with E-state index in [0.29, 0.717) is 24.7 Å². The second-order valence-electron chi connectivity index (χ2n) is 4.78. The van der Waals surface area contributed by atoms with Crippen molar-refractivity contribution in [2.24, 2.45) is 13.0 Å². The van der Waals surface area contributed by atoms with E-state index in [-0.39, 0.29) is 11.7 Å². The third-order valence-corrected chi connectivity index (χ3v) is 4.54. The van der Waals surface area contributed by atoms with Crippen LogP contribution in [0.1, 0.15) is 23.3 Å². The molecule has 1 aromatic rings. The van der Waals surface area contributed by atoms with E-state index in [1.807, 2.05) is 0 Å². The molecule has 1 aromatic heterocycles. The van der Waals surface area contributed by atoms with Gasteiger partial charge in [-0.3, -0.25) is 4.79 Å². The van der Waals surface area contributed by atoms with E-state index in [1.165, 1.54) is 16.7 Å². The molecule has 0 aromatic carbocycles. The van der Waals surface area contributed by atoms with Crippen LogP contribution in [0.5, 0.6) is 0 Å². The average Bonchev–Trinajstić information content (AvgIpc) is 2.80. The molecule has 0 atom stereocenters. The average molecular weight is 330 g/mol. The van der Waals surface area contributed by atoms with Crippen LogP contribution in [0.2, 0.25) is 0 Å². The van der Waals surface area contributed by atoms with Crippen molar-refractivity contribution in [3.63, 3.8) is 0 Å². The summed E-state index contributed by atoms with van der Waals surface area (Å²) in [5, 5.41) is 11.7. The zero-order valence-electron chi connectivity index (χ0n) is 10.7. The molecule has 0 spiro atoms. The Hall–Kier alpha value is -1.37. The van der Waals surface area contributed by atoms with Gasteiger partial charge in [0, 0.05) is 24.5 Å². The minimum absolute atomic E-state index is 0.0568. The van der Waals surface area contributed by atoms with Gasteiger partial charge in [0.1, 0.15) is 0 Å². The fourth-order valence-corrected chi connectivity index (χ4v) is 3.00. The fourth-order valence-electron chi connectivity index (χ4n) is 2.35. The topological polar surface area (TPSA) is 68.4 Å². The van der Waals surface area contributed by atoms with Crippen molar-refractivity contribution in [1.29, 1.82) is 0 Å². The van der Waals surface area contributed by atoms with Crippen LogP contribution in [0.15, 0.2) is 12.1 Å². The van der Waals surface area contributed by atoms with E-state index < -0.39 is 4.92 Å². The summed E-state index contributed by atoms with van der Waals surface area (Å²) >= 11 is 3.46. The van der Waals surface area contributed by atoms with Crippen molar-refractivity contribution in [3.8, 4) is 0 Å². The second kappa shape index (κ2) is 5.73. The van der Waals surface area contributed by atoms with Gasteiger partial charge in [0.25, 0.3) is 5.91 Å². The van der Waals surface area contributed by atoms with Crippen LogP contribution in [0, 0.1) is 16.0 Å². The molecule has 0 radical (unpaired) electrons. The fraction of sp³-hybridized carbons (Fsp3) is 0.583. The number of nitrogens with zero attached hydrogens (tertiary/aromatic N) is 3. The van der Waals surface area contributed by atoms with E-state index in [4.69, 9.17) is 0 Å². The molecule has 0 bridgehead atoms. The van der Waals surface area contributed by atoms with E-state index >= 15 is 0 Å². The van der Waals surface area contributed by atoms with Gasteiger partial charge in [-0.15, -0.1) is 0 Å². The number of nitro groups is 1. The normalized spacial score (nSPS) is 16.6. The number of rotatable bonds is 3. The van der Waals surface area contributed by atoms with Crippen molar-refractivity contribution < 1.29 is 9.72 Å². The largest absolute Gasteiger partial charge is 0.358 e. The Bertz CT molecular complexity index is 492. The van der Waals surface area contributed by atoms with Crippen molar-refractivity contribution in [3.05, 3.63) is 27.9 Å². The summed E-state index contributed by atoms with van der Waals surface area (Å²) < 4.78 is 1.35.